The minimum atomic E-state index is 0.345. The standard InChI is InChI=1S/C14H28N2/c1-4-16(10-11-6-5-7-11)12-8-9-14(2,3)13(12)15/h11-13H,4-10,15H2,1-3H3. The van der Waals surface area contributed by atoms with E-state index in [4.69, 9.17) is 5.73 Å². The zero-order chi connectivity index (χ0) is 11.8. The molecule has 0 heterocycles. The molecule has 2 nitrogen and oxygen atoms in total. The topological polar surface area (TPSA) is 29.3 Å². The molecule has 2 N–H and O–H groups in total. The third-order valence-corrected chi connectivity index (χ3v) is 4.99. The summed E-state index contributed by atoms with van der Waals surface area (Å²) in [4.78, 5) is 2.66. The molecule has 2 heteroatoms. The van der Waals surface area contributed by atoms with Crippen molar-refractivity contribution in [2.75, 3.05) is 13.1 Å². The molecule has 2 aliphatic rings. The van der Waals surface area contributed by atoms with Crippen LogP contribution in [0.3, 0.4) is 0 Å². The first kappa shape index (κ1) is 12.4. The maximum Gasteiger partial charge on any atom is 0.0252 e. The number of nitrogens with two attached hydrogens (primary N) is 1. The number of hydrogen-bond donors (Lipinski definition) is 1. The number of rotatable bonds is 4. The Kier molecular flexibility index (Phi) is 3.60. The fourth-order valence-electron chi connectivity index (χ4n) is 3.30. The minimum absolute atomic E-state index is 0.345. The molecule has 2 saturated carbocycles. The Labute approximate surface area is 101 Å². The van der Waals surface area contributed by atoms with Crippen molar-refractivity contribution in [2.24, 2.45) is 17.1 Å². The SMILES string of the molecule is CCN(CC1CCC1)C1CCC(C)(C)C1N. The van der Waals surface area contributed by atoms with Crippen molar-refractivity contribution in [2.45, 2.75) is 65.0 Å². The molecule has 0 radical (unpaired) electrons. The van der Waals surface area contributed by atoms with Gasteiger partial charge in [0, 0.05) is 18.6 Å². The lowest BCUT2D eigenvalue weighted by Gasteiger charge is -2.38. The molecule has 2 atom stereocenters. The predicted octanol–water partition coefficient (Wildman–Crippen LogP) is 2.62. The van der Waals surface area contributed by atoms with Crippen molar-refractivity contribution in [3.8, 4) is 0 Å². The van der Waals surface area contributed by atoms with Gasteiger partial charge in [-0.2, -0.15) is 0 Å². The highest BCUT2D eigenvalue weighted by Gasteiger charge is 2.42. The van der Waals surface area contributed by atoms with E-state index in [0.29, 0.717) is 17.5 Å². The predicted molar refractivity (Wildman–Crippen MR) is 69.4 cm³/mol. The Bertz CT molecular complexity index is 233. The maximum atomic E-state index is 6.43. The summed E-state index contributed by atoms with van der Waals surface area (Å²) in [5, 5.41) is 0. The smallest absolute Gasteiger partial charge is 0.0252 e. The van der Waals surface area contributed by atoms with Crippen LogP contribution in [0.25, 0.3) is 0 Å². The van der Waals surface area contributed by atoms with Crippen molar-refractivity contribution >= 4 is 0 Å². The monoisotopic (exact) mass is 224 g/mol. The van der Waals surface area contributed by atoms with Gasteiger partial charge in [-0.05, 0) is 43.6 Å². The van der Waals surface area contributed by atoms with Crippen LogP contribution in [0.1, 0.15) is 52.9 Å². The van der Waals surface area contributed by atoms with Crippen LogP contribution in [0.15, 0.2) is 0 Å². The third kappa shape index (κ3) is 2.28. The lowest BCUT2D eigenvalue weighted by molar-refractivity contribution is 0.121. The average molecular weight is 224 g/mol. The van der Waals surface area contributed by atoms with Crippen molar-refractivity contribution in [3.63, 3.8) is 0 Å². The molecule has 0 spiro atoms. The molecule has 0 bridgehead atoms. The lowest BCUT2D eigenvalue weighted by atomic mass is 9.84. The van der Waals surface area contributed by atoms with Crippen LogP contribution >= 0.6 is 0 Å². The molecule has 2 aliphatic carbocycles. The molecule has 0 amide bonds. The number of likely N-dealkylation sites (N-methyl/N-ethyl adjacent to an activating group) is 1. The zero-order valence-corrected chi connectivity index (χ0v) is 11.2. The van der Waals surface area contributed by atoms with Crippen LogP contribution in [0, 0.1) is 11.3 Å². The summed E-state index contributed by atoms with van der Waals surface area (Å²) in [6.45, 7) is 9.41. The second-order valence-corrected chi connectivity index (χ2v) is 6.50. The van der Waals surface area contributed by atoms with Crippen molar-refractivity contribution in [3.05, 3.63) is 0 Å². The summed E-state index contributed by atoms with van der Waals surface area (Å²) < 4.78 is 0. The van der Waals surface area contributed by atoms with E-state index < -0.39 is 0 Å². The molecule has 94 valence electrons. The highest BCUT2D eigenvalue weighted by atomic mass is 15.2. The van der Waals surface area contributed by atoms with Gasteiger partial charge >= 0.3 is 0 Å². The van der Waals surface area contributed by atoms with E-state index in [1.54, 1.807) is 0 Å². The molecular weight excluding hydrogens is 196 g/mol. The van der Waals surface area contributed by atoms with Crippen LogP contribution in [-0.2, 0) is 0 Å². The molecule has 0 saturated heterocycles. The fraction of sp³-hybridized carbons (Fsp3) is 1.00. The van der Waals surface area contributed by atoms with Crippen molar-refractivity contribution in [1.29, 1.82) is 0 Å². The summed E-state index contributed by atoms with van der Waals surface area (Å²) in [6, 6.07) is 1.01. The van der Waals surface area contributed by atoms with Gasteiger partial charge < -0.3 is 5.73 Å². The Morgan fingerprint density at radius 2 is 1.94 bits per heavy atom. The van der Waals surface area contributed by atoms with Crippen LogP contribution in [-0.4, -0.2) is 30.1 Å². The van der Waals surface area contributed by atoms with Crippen LogP contribution in [0.5, 0.6) is 0 Å². The van der Waals surface area contributed by atoms with Crippen LogP contribution < -0.4 is 5.73 Å². The average Bonchev–Trinajstić information content (AvgIpc) is 2.43. The Hall–Kier alpha value is -0.0800. The van der Waals surface area contributed by atoms with Gasteiger partial charge in [0.25, 0.3) is 0 Å². The van der Waals surface area contributed by atoms with Gasteiger partial charge in [0.15, 0.2) is 0 Å². The summed E-state index contributed by atoms with van der Waals surface area (Å²) in [5.74, 6) is 0.968. The molecule has 2 rings (SSSR count). The lowest BCUT2D eigenvalue weighted by Crippen LogP contribution is -2.50. The van der Waals surface area contributed by atoms with Crippen molar-refractivity contribution in [1.82, 2.24) is 4.90 Å². The molecule has 2 fully saturated rings. The largest absolute Gasteiger partial charge is 0.326 e. The second kappa shape index (κ2) is 4.66. The minimum Gasteiger partial charge on any atom is -0.326 e. The zero-order valence-electron chi connectivity index (χ0n) is 11.2. The Balaban J connectivity index is 1.93. The van der Waals surface area contributed by atoms with E-state index in [-0.39, 0.29) is 0 Å². The van der Waals surface area contributed by atoms with E-state index in [1.807, 2.05) is 0 Å². The third-order valence-electron chi connectivity index (χ3n) is 4.99. The van der Waals surface area contributed by atoms with Gasteiger partial charge in [0.05, 0.1) is 0 Å². The van der Waals surface area contributed by atoms with E-state index >= 15 is 0 Å². The maximum absolute atomic E-state index is 6.43. The van der Waals surface area contributed by atoms with Gasteiger partial charge in [0.1, 0.15) is 0 Å². The first-order valence-corrected chi connectivity index (χ1v) is 7.04. The number of hydrogen-bond acceptors (Lipinski definition) is 2. The summed E-state index contributed by atoms with van der Waals surface area (Å²) in [7, 11) is 0. The highest BCUT2D eigenvalue weighted by Crippen LogP contribution is 2.39. The van der Waals surface area contributed by atoms with Gasteiger partial charge in [-0.15, -0.1) is 0 Å². The van der Waals surface area contributed by atoms with Gasteiger partial charge in [-0.3, -0.25) is 4.90 Å². The van der Waals surface area contributed by atoms with Crippen LogP contribution in [0.2, 0.25) is 0 Å². The number of nitrogens with zero attached hydrogens (tertiary/aromatic N) is 1. The normalized spacial score (nSPS) is 34.3. The molecule has 2 unspecified atom stereocenters. The van der Waals surface area contributed by atoms with Crippen molar-refractivity contribution < 1.29 is 0 Å². The second-order valence-electron chi connectivity index (χ2n) is 6.50. The van der Waals surface area contributed by atoms with Gasteiger partial charge in [-0.1, -0.05) is 27.2 Å². The molecular formula is C14H28N2. The van der Waals surface area contributed by atoms with Crippen LogP contribution in [0.4, 0.5) is 0 Å². The molecule has 0 aliphatic heterocycles. The highest BCUT2D eigenvalue weighted by molar-refractivity contribution is 4.99. The van der Waals surface area contributed by atoms with E-state index in [9.17, 15) is 0 Å². The Morgan fingerprint density at radius 3 is 2.31 bits per heavy atom. The first-order valence-electron chi connectivity index (χ1n) is 7.04. The van der Waals surface area contributed by atoms with E-state index in [1.165, 1.54) is 45.2 Å². The Morgan fingerprint density at radius 1 is 1.25 bits per heavy atom. The van der Waals surface area contributed by atoms with E-state index in [0.717, 1.165) is 5.92 Å². The van der Waals surface area contributed by atoms with E-state index in [2.05, 4.69) is 25.7 Å². The molecule has 0 aromatic carbocycles. The fourth-order valence-corrected chi connectivity index (χ4v) is 3.30. The van der Waals surface area contributed by atoms with Gasteiger partial charge in [0.2, 0.25) is 0 Å². The van der Waals surface area contributed by atoms with Gasteiger partial charge in [-0.25, -0.2) is 0 Å². The summed E-state index contributed by atoms with van der Waals surface area (Å²) in [5.41, 5.74) is 6.77. The quantitative estimate of drug-likeness (QED) is 0.795. The molecule has 0 aromatic rings. The summed E-state index contributed by atoms with van der Waals surface area (Å²) in [6.07, 6.45) is 6.93. The first-order chi connectivity index (χ1) is 7.54. The summed E-state index contributed by atoms with van der Waals surface area (Å²) >= 11 is 0. The molecule has 0 aromatic heterocycles. The molecule has 16 heavy (non-hydrogen) atoms.